The van der Waals surface area contributed by atoms with Crippen LogP contribution in [0.1, 0.15) is 26.2 Å². The molecule has 15 heavy (non-hydrogen) atoms. The summed E-state index contributed by atoms with van der Waals surface area (Å²) >= 11 is 0. The van der Waals surface area contributed by atoms with Gasteiger partial charge in [0.2, 0.25) is 5.91 Å². The Bertz CT molecular complexity index is 219. The van der Waals surface area contributed by atoms with Crippen molar-refractivity contribution in [2.45, 2.75) is 26.2 Å². The summed E-state index contributed by atoms with van der Waals surface area (Å²) in [5, 5.41) is 0. The minimum Gasteiger partial charge on any atom is -1.00 e. The van der Waals surface area contributed by atoms with Gasteiger partial charge in [0.05, 0.1) is 27.2 Å². The third-order valence-corrected chi connectivity index (χ3v) is 3.31. The maximum atomic E-state index is 10.6. The van der Waals surface area contributed by atoms with Gasteiger partial charge in [-0.1, -0.05) is 6.92 Å². The van der Waals surface area contributed by atoms with E-state index in [9.17, 15) is 4.79 Å². The van der Waals surface area contributed by atoms with Crippen molar-refractivity contribution in [1.82, 2.24) is 0 Å². The molecule has 1 aliphatic heterocycles. The van der Waals surface area contributed by atoms with Crippen molar-refractivity contribution in [1.29, 1.82) is 0 Å². The Morgan fingerprint density at radius 1 is 1.40 bits per heavy atom. The molecule has 1 amide bonds. The molecule has 2 unspecified atom stereocenters. The van der Waals surface area contributed by atoms with Crippen LogP contribution in [-0.2, 0) is 4.79 Å². The number of rotatable bonds is 4. The molecular weight excluding hydrogens is 212 g/mol. The first-order valence-electron chi connectivity index (χ1n) is 5.51. The van der Waals surface area contributed by atoms with E-state index < -0.39 is 0 Å². The second-order valence-electron chi connectivity index (χ2n) is 5.40. The van der Waals surface area contributed by atoms with Gasteiger partial charge in [-0.3, -0.25) is 4.79 Å². The van der Waals surface area contributed by atoms with Gasteiger partial charge in [-0.05, 0) is 12.8 Å². The van der Waals surface area contributed by atoms with E-state index in [1.54, 1.807) is 0 Å². The van der Waals surface area contributed by atoms with Gasteiger partial charge in [0.15, 0.2) is 0 Å². The predicted octanol–water partition coefficient (Wildman–Crippen LogP) is -2.01. The molecule has 0 aliphatic carbocycles. The van der Waals surface area contributed by atoms with Crippen molar-refractivity contribution < 1.29 is 21.7 Å². The molecule has 1 heterocycles. The van der Waals surface area contributed by atoms with E-state index >= 15 is 0 Å². The average molecular weight is 235 g/mol. The lowest BCUT2D eigenvalue weighted by Gasteiger charge is -2.23. The van der Waals surface area contributed by atoms with Gasteiger partial charge in [0.25, 0.3) is 0 Å². The first-order valence-corrected chi connectivity index (χ1v) is 5.51. The maximum Gasteiger partial charge on any atom is 0.217 e. The van der Waals surface area contributed by atoms with Crippen molar-refractivity contribution in [2.75, 3.05) is 27.2 Å². The zero-order chi connectivity index (χ0) is 10.8. The number of halogens is 1. The molecule has 0 aromatic carbocycles. The van der Waals surface area contributed by atoms with Crippen LogP contribution in [0.3, 0.4) is 0 Å². The zero-order valence-corrected chi connectivity index (χ0v) is 10.8. The second kappa shape index (κ2) is 5.71. The molecular formula is C11H23ClN2O. The molecule has 0 aromatic heterocycles. The van der Waals surface area contributed by atoms with Crippen LogP contribution in [0, 0.1) is 11.8 Å². The van der Waals surface area contributed by atoms with Crippen molar-refractivity contribution >= 4 is 5.91 Å². The molecule has 1 rings (SSSR count). The highest BCUT2D eigenvalue weighted by molar-refractivity contribution is 5.73. The summed E-state index contributed by atoms with van der Waals surface area (Å²) in [6.45, 7) is 4.84. The van der Waals surface area contributed by atoms with Crippen molar-refractivity contribution in [3.63, 3.8) is 0 Å². The fourth-order valence-electron chi connectivity index (χ4n) is 2.73. The Kier molecular flexibility index (Phi) is 5.60. The maximum absolute atomic E-state index is 10.6. The molecule has 4 heteroatoms. The van der Waals surface area contributed by atoms with Gasteiger partial charge >= 0.3 is 0 Å². The predicted molar refractivity (Wildman–Crippen MR) is 57.5 cm³/mol. The van der Waals surface area contributed by atoms with Crippen LogP contribution in [0.2, 0.25) is 0 Å². The van der Waals surface area contributed by atoms with Crippen LogP contribution in [0.4, 0.5) is 0 Å². The summed E-state index contributed by atoms with van der Waals surface area (Å²) in [6, 6.07) is 0. The zero-order valence-electron chi connectivity index (χ0n) is 10.0. The van der Waals surface area contributed by atoms with Gasteiger partial charge in [-0.15, -0.1) is 0 Å². The van der Waals surface area contributed by atoms with E-state index in [0.717, 1.165) is 29.2 Å². The summed E-state index contributed by atoms with van der Waals surface area (Å²) in [6.07, 6.45) is 2.67. The van der Waals surface area contributed by atoms with E-state index in [-0.39, 0.29) is 18.3 Å². The molecule has 0 bridgehead atoms. The molecule has 1 saturated heterocycles. The smallest absolute Gasteiger partial charge is 0.217 e. The molecule has 0 radical (unpaired) electrons. The summed E-state index contributed by atoms with van der Waals surface area (Å²) in [7, 11) is 4.56. The fourth-order valence-corrected chi connectivity index (χ4v) is 2.73. The lowest BCUT2D eigenvalue weighted by Crippen LogP contribution is -3.00. The highest BCUT2D eigenvalue weighted by Gasteiger charge is 2.36. The Balaban J connectivity index is 0.00000196. The van der Waals surface area contributed by atoms with E-state index in [0.29, 0.717) is 6.42 Å². The molecule has 1 aliphatic rings. The number of likely N-dealkylation sites (tertiary alicyclic amines) is 1. The number of nitrogens with two attached hydrogens (primary N) is 1. The molecule has 2 N–H and O–H groups in total. The van der Waals surface area contributed by atoms with Crippen LogP contribution in [0.5, 0.6) is 0 Å². The number of quaternary nitrogens is 1. The monoisotopic (exact) mass is 234 g/mol. The third-order valence-electron chi connectivity index (χ3n) is 3.31. The van der Waals surface area contributed by atoms with E-state index in [2.05, 4.69) is 21.0 Å². The summed E-state index contributed by atoms with van der Waals surface area (Å²) in [5.41, 5.74) is 5.12. The Labute approximate surface area is 99.0 Å². The Morgan fingerprint density at radius 3 is 2.40 bits per heavy atom. The van der Waals surface area contributed by atoms with Gasteiger partial charge in [-0.25, -0.2) is 0 Å². The molecule has 2 atom stereocenters. The number of nitrogens with zero attached hydrogens (tertiary/aromatic N) is 1. The first-order chi connectivity index (χ1) is 6.41. The molecule has 3 nitrogen and oxygen atoms in total. The highest BCUT2D eigenvalue weighted by atomic mass is 35.5. The fraction of sp³-hybridized carbons (Fsp3) is 0.909. The molecule has 1 fully saturated rings. The normalized spacial score (nSPS) is 28.5. The van der Waals surface area contributed by atoms with Crippen LogP contribution in [0.25, 0.3) is 0 Å². The van der Waals surface area contributed by atoms with Gasteiger partial charge in [0, 0.05) is 18.3 Å². The van der Waals surface area contributed by atoms with Gasteiger partial charge in [0.1, 0.15) is 0 Å². The minimum atomic E-state index is -0.163. The Morgan fingerprint density at radius 2 is 2.00 bits per heavy atom. The Hall–Kier alpha value is -0.280. The van der Waals surface area contributed by atoms with Crippen molar-refractivity contribution in [3.8, 4) is 0 Å². The third kappa shape index (κ3) is 4.85. The van der Waals surface area contributed by atoms with E-state index in [1.165, 1.54) is 13.1 Å². The van der Waals surface area contributed by atoms with E-state index in [1.807, 2.05) is 0 Å². The largest absolute Gasteiger partial charge is 1.00 e. The van der Waals surface area contributed by atoms with Crippen LogP contribution in [-0.4, -0.2) is 37.6 Å². The molecule has 0 aromatic rings. The van der Waals surface area contributed by atoms with Crippen molar-refractivity contribution in [2.24, 2.45) is 17.6 Å². The minimum absolute atomic E-state index is 0. The number of hydrogen-bond acceptors (Lipinski definition) is 1. The van der Waals surface area contributed by atoms with Gasteiger partial charge < -0.3 is 22.6 Å². The standard InChI is InChI=1S/C11H22N2O.ClH/c1-9-7-13(2,3)8-10(9)5-4-6-11(12)14;/h9-10H,4-8H2,1-3H3,(H-,12,14);1H. The highest BCUT2D eigenvalue weighted by Crippen LogP contribution is 2.29. The average Bonchev–Trinajstić information content (AvgIpc) is 2.24. The van der Waals surface area contributed by atoms with E-state index in [4.69, 9.17) is 5.73 Å². The number of primary amides is 1. The SMILES string of the molecule is CC1C[N+](C)(C)CC1CCCC(N)=O.[Cl-]. The number of hydrogen-bond donors (Lipinski definition) is 1. The molecule has 0 spiro atoms. The lowest BCUT2D eigenvalue weighted by molar-refractivity contribution is -0.880. The van der Waals surface area contributed by atoms with Crippen LogP contribution in [0.15, 0.2) is 0 Å². The molecule has 90 valence electrons. The number of carbonyl (C=O) groups excluding carboxylic acids is 1. The number of carbonyl (C=O) groups is 1. The quantitative estimate of drug-likeness (QED) is 0.562. The lowest BCUT2D eigenvalue weighted by atomic mass is 9.92. The van der Waals surface area contributed by atoms with Crippen LogP contribution < -0.4 is 18.1 Å². The van der Waals surface area contributed by atoms with Crippen LogP contribution >= 0.6 is 0 Å². The first kappa shape index (κ1) is 14.7. The molecule has 0 saturated carbocycles. The van der Waals surface area contributed by atoms with Gasteiger partial charge in [-0.2, -0.15) is 0 Å². The second-order valence-corrected chi connectivity index (χ2v) is 5.40. The summed E-state index contributed by atoms with van der Waals surface area (Å²) in [5.74, 6) is 1.41. The van der Waals surface area contributed by atoms with Crippen molar-refractivity contribution in [3.05, 3.63) is 0 Å². The summed E-state index contributed by atoms with van der Waals surface area (Å²) in [4.78, 5) is 10.6. The number of amides is 1. The summed E-state index contributed by atoms with van der Waals surface area (Å²) < 4.78 is 1.13. The topological polar surface area (TPSA) is 43.1 Å².